The van der Waals surface area contributed by atoms with Crippen LogP contribution in [0.15, 0.2) is 18.2 Å². The second-order valence-electron chi connectivity index (χ2n) is 5.19. The smallest absolute Gasteiger partial charge is 0.246 e. The Bertz CT molecular complexity index is 551. The highest BCUT2D eigenvalue weighted by Gasteiger charge is 2.16. The van der Waals surface area contributed by atoms with Crippen molar-refractivity contribution in [2.45, 2.75) is 26.7 Å². The lowest BCUT2D eigenvalue weighted by Crippen LogP contribution is -2.30. The predicted molar refractivity (Wildman–Crippen MR) is 88.6 cm³/mol. The zero-order valence-electron chi connectivity index (χ0n) is 13.1. The Morgan fingerprint density at radius 2 is 1.91 bits per heavy atom. The number of rotatable bonds is 6. The van der Waals surface area contributed by atoms with E-state index in [2.05, 4.69) is 13.8 Å². The summed E-state index contributed by atoms with van der Waals surface area (Å²) in [4.78, 5) is 14.1. The third-order valence-electron chi connectivity index (χ3n) is 3.34. The molecule has 1 aromatic rings. The number of hydrogen-bond donors (Lipinski definition) is 0. The van der Waals surface area contributed by atoms with Gasteiger partial charge in [0.1, 0.15) is 13.2 Å². The molecule has 5 heteroatoms. The molecule has 0 fully saturated rings. The number of nitrogens with zero attached hydrogens (tertiary/aromatic N) is 1. The molecule has 0 saturated carbocycles. The number of halogens is 1. The van der Waals surface area contributed by atoms with Crippen molar-refractivity contribution >= 4 is 23.6 Å². The highest BCUT2D eigenvalue weighted by atomic mass is 35.5. The molecule has 0 bridgehead atoms. The standard InChI is InChI=1S/C17H22ClNO3/c1-3-7-19(8-4-2)16(20)6-5-13-11-14(18)17-15(12-13)21-9-10-22-17/h5-6,11-12H,3-4,7-10H2,1-2H3/b6-5+. The molecular weight excluding hydrogens is 302 g/mol. The Labute approximate surface area is 136 Å². The molecule has 2 rings (SSSR count). The Morgan fingerprint density at radius 1 is 1.23 bits per heavy atom. The lowest BCUT2D eigenvalue weighted by atomic mass is 10.1. The van der Waals surface area contributed by atoms with Gasteiger partial charge in [-0.05, 0) is 36.6 Å². The number of carbonyl (C=O) groups excluding carboxylic acids is 1. The fraction of sp³-hybridized carbons (Fsp3) is 0.471. The molecule has 0 aliphatic carbocycles. The van der Waals surface area contributed by atoms with Gasteiger partial charge < -0.3 is 14.4 Å². The normalized spacial score (nSPS) is 13.4. The van der Waals surface area contributed by atoms with E-state index < -0.39 is 0 Å². The van der Waals surface area contributed by atoms with Crippen LogP contribution in [0.2, 0.25) is 5.02 Å². The van der Waals surface area contributed by atoms with Gasteiger partial charge in [-0.2, -0.15) is 0 Å². The zero-order valence-corrected chi connectivity index (χ0v) is 13.9. The molecule has 1 aromatic carbocycles. The van der Waals surface area contributed by atoms with E-state index in [1.807, 2.05) is 11.0 Å². The summed E-state index contributed by atoms with van der Waals surface area (Å²) in [6.07, 6.45) is 5.27. The Hall–Kier alpha value is -1.68. The van der Waals surface area contributed by atoms with Crippen LogP contribution in [0.5, 0.6) is 11.5 Å². The molecule has 1 heterocycles. The molecule has 120 valence electrons. The molecular formula is C17H22ClNO3. The number of ether oxygens (including phenoxy) is 2. The zero-order chi connectivity index (χ0) is 15.9. The number of benzene rings is 1. The average molecular weight is 324 g/mol. The Morgan fingerprint density at radius 3 is 2.59 bits per heavy atom. The summed E-state index contributed by atoms with van der Waals surface area (Å²) >= 11 is 6.19. The van der Waals surface area contributed by atoms with E-state index >= 15 is 0 Å². The Balaban J connectivity index is 2.12. The monoisotopic (exact) mass is 323 g/mol. The van der Waals surface area contributed by atoms with Crippen LogP contribution in [0.25, 0.3) is 6.08 Å². The first-order valence-electron chi connectivity index (χ1n) is 7.71. The van der Waals surface area contributed by atoms with Gasteiger partial charge in [0, 0.05) is 19.2 Å². The maximum absolute atomic E-state index is 12.2. The molecule has 1 aliphatic rings. The number of carbonyl (C=O) groups is 1. The first-order valence-corrected chi connectivity index (χ1v) is 8.09. The summed E-state index contributed by atoms with van der Waals surface area (Å²) in [7, 11) is 0. The second-order valence-corrected chi connectivity index (χ2v) is 5.59. The number of hydrogen-bond acceptors (Lipinski definition) is 3. The van der Waals surface area contributed by atoms with Crippen molar-refractivity contribution in [3.63, 3.8) is 0 Å². The van der Waals surface area contributed by atoms with E-state index in [9.17, 15) is 4.79 Å². The highest BCUT2D eigenvalue weighted by molar-refractivity contribution is 6.32. The van der Waals surface area contributed by atoms with Gasteiger partial charge in [0.25, 0.3) is 0 Å². The van der Waals surface area contributed by atoms with Crippen molar-refractivity contribution in [2.24, 2.45) is 0 Å². The molecule has 4 nitrogen and oxygen atoms in total. The van der Waals surface area contributed by atoms with Crippen LogP contribution in [-0.4, -0.2) is 37.1 Å². The number of fused-ring (bicyclic) bond motifs is 1. The second kappa shape index (κ2) is 8.08. The molecule has 1 aliphatic heterocycles. The van der Waals surface area contributed by atoms with Gasteiger partial charge in [-0.25, -0.2) is 0 Å². The van der Waals surface area contributed by atoms with Gasteiger partial charge in [-0.1, -0.05) is 25.4 Å². The molecule has 0 atom stereocenters. The van der Waals surface area contributed by atoms with Gasteiger partial charge >= 0.3 is 0 Å². The van der Waals surface area contributed by atoms with Crippen LogP contribution in [0.4, 0.5) is 0 Å². The van der Waals surface area contributed by atoms with Crippen LogP contribution in [0.1, 0.15) is 32.3 Å². The minimum absolute atomic E-state index is 0.0229. The van der Waals surface area contributed by atoms with Crippen LogP contribution in [0, 0.1) is 0 Å². The average Bonchev–Trinajstić information content (AvgIpc) is 2.52. The largest absolute Gasteiger partial charge is 0.486 e. The molecule has 0 radical (unpaired) electrons. The summed E-state index contributed by atoms with van der Waals surface area (Å²) < 4.78 is 11.0. The molecule has 0 N–H and O–H groups in total. The van der Waals surface area contributed by atoms with Crippen molar-refractivity contribution in [3.8, 4) is 11.5 Å². The number of amides is 1. The third-order valence-corrected chi connectivity index (χ3v) is 3.62. The van der Waals surface area contributed by atoms with E-state index in [4.69, 9.17) is 21.1 Å². The SMILES string of the molecule is CCCN(CCC)C(=O)/C=C/c1cc(Cl)c2c(c1)OCCO2. The van der Waals surface area contributed by atoms with Crippen molar-refractivity contribution in [3.05, 3.63) is 28.8 Å². The van der Waals surface area contributed by atoms with E-state index in [0.29, 0.717) is 29.7 Å². The van der Waals surface area contributed by atoms with Crippen LogP contribution < -0.4 is 9.47 Å². The van der Waals surface area contributed by atoms with Crippen molar-refractivity contribution in [2.75, 3.05) is 26.3 Å². The van der Waals surface area contributed by atoms with Crippen LogP contribution in [0.3, 0.4) is 0 Å². The van der Waals surface area contributed by atoms with E-state index in [-0.39, 0.29) is 5.91 Å². The maximum Gasteiger partial charge on any atom is 0.246 e. The van der Waals surface area contributed by atoms with Gasteiger partial charge in [0.15, 0.2) is 11.5 Å². The van der Waals surface area contributed by atoms with E-state index in [1.165, 1.54) is 0 Å². The van der Waals surface area contributed by atoms with E-state index in [1.54, 1.807) is 18.2 Å². The topological polar surface area (TPSA) is 38.8 Å². The lowest BCUT2D eigenvalue weighted by Gasteiger charge is -2.20. The predicted octanol–water partition coefficient (Wildman–Crippen LogP) is 3.77. The fourth-order valence-electron chi connectivity index (χ4n) is 2.37. The third kappa shape index (κ3) is 4.17. The summed E-state index contributed by atoms with van der Waals surface area (Å²) in [6.45, 7) is 6.71. The first kappa shape index (κ1) is 16.7. The minimum atomic E-state index is 0.0229. The van der Waals surface area contributed by atoms with Crippen LogP contribution in [-0.2, 0) is 4.79 Å². The van der Waals surface area contributed by atoms with E-state index in [0.717, 1.165) is 31.5 Å². The minimum Gasteiger partial charge on any atom is -0.486 e. The summed E-state index contributed by atoms with van der Waals surface area (Å²) in [5.41, 5.74) is 0.829. The summed E-state index contributed by atoms with van der Waals surface area (Å²) in [5.74, 6) is 1.23. The van der Waals surface area contributed by atoms with Gasteiger partial charge in [-0.15, -0.1) is 0 Å². The summed E-state index contributed by atoms with van der Waals surface area (Å²) in [5, 5.41) is 0.503. The molecule has 0 saturated heterocycles. The molecule has 1 amide bonds. The quantitative estimate of drug-likeness (QED) is 0.748. The molecule has 0 spiro atoms. The van der Waals surface area contributed by atoms with Crippen LogP contribution >= 0.6 is 11.6 Å². The highest BCUT2D eigenvalue weighted by Crippen LogP contribution is 2.38. The maximum atomic E-state index is 12.2. The van der Waals surface area contributed by atoms with Crippen molar-refractivity contribution < 1.29 is 14.3 Å². The van der Waals surface area contributed by atoms with Gasteiger partial charge in [0.2, 0.25) is 5.91 Å². The fourth-order valence-corrected chi connectivity index (χ4v) is 2.65. The lowest BCUT2D eigenvalue weighted by molar-refractivity contribution is -0.126. The molecule has 0 aromatic heterocycles. The first-order chi connectivity index (χ1) is 10.7. The van der Waals surface area contributed by atoms with Crippen molar-refractivity contribution in [1.82, 2.24) is 4.90 Å². The van der Waals surface area contributed by atoms with Gasteiger partial charge in [0.05, 0.1) is 5.02 Å². The molecule has 0 unspecified atom stereocenters. The Kier molecular flexibility index (Phi) is 6.13. The summed E-state index contributed by atoms with van der Waals surface area (Å²) in [6, 6.07) is 3.62. The molecule has 22 heavy (non-hydrogen) atoms. The van der Waals surface area contributed by atoms with Gasteiger partial charge in [-0.3, -0.25) is 4.79 Å². The van der Waals surface area contributed by atoms with Crippen molar-refractivity contribution in [1.29, 1.82) is 0 Å².